The van der Waals surface area contributed by atoms with Gasteiger partial charge in [0.1, 0.15) is 20.2 Å². The van der Waals surface area contributed by atoms with Gasteiger partial charge < -0.3 is 9.11 Å². The van der Waals surface area contributed by atoms with Gasteiger partial charge in [0, 0.05) is 0 Å². The largest absolute Gasteiger partial charge is 1.00 e. The summed E-state index contributed by atoms with van der Waals surface area (Å²) in [7, 11) is -9.28. The summed E-state index contributed by atoms with van der Waals surface area (Å²) in [5.41, 5.74) is -0.0677. The van der Waals surface area contributed by atoms with Gasteiger partial charge in [-0.05, 0) is 30.7 Å². The summed E-state index contributed by atoms with van der Waals surface area (Å²) >= 11 is 0. The Morgan fingerprint density at radius 1 is 0.941 bits per heavy atom. The third-order valence-electron chi connectivity index (χ3n) is 1.70. The first kappa shape index (κ1) is 20.4. The van der Waals surface area contributed by atoms with Crippen molar-refractivity contribution in [3.05, 3.63) is 23.8 Å². The Labute approximate surface area is 144 Å². The van der Waals surface area contributed by atoms with E-state index in [0.29, 0.717) is 0 Å². The van der Waals surface area contributed by atoms with Crippen molar-refractivity contribution >= 4 is 20.2 Å². The predicted octanol–water partition coefficient (Wildman–Crippen LogP) is -6.19. The van der Waals surface area contributed by atoms with Crippen molar-refractivity contribution in [3.63, 3.8) is 0 Å². The summed E-state index contributed by atoms with van der Waals surface area (Å²) in [5, 5.41) is 0. The third kappa shape index (κ3) is 5.68. The smallest absolute Gasteiger partial charge is 0.744 e. The summed E-state index contributed by atoms with van der Waals surface area (Å²) in [6.07, 6.45) is 0. The molecule has 0 aromatic heterocycles. The molecule has 0 radical (unpaired) electrons. The number of rotatable bonds is 2. The molecule has 0 unspecified atom stereocenters. The molecule has 1 aromatic carbocycles. The second kappa shape index (κ2) is 6.99. The molecule has 17 heavy (non-hydrogen) atoms. The van der Waals surface area contributed by atoms with Crippen LogP contribution in [0.5, 0.6) is 0 Å². The van der Waals surface area contributed by atoms with Crippen molar-refractivity contribution in [3.8, 4) is 0 Å². The standard InChI is InChI=1S/C7H8O6S2.2Na/c1-5-4-6(14(8,9)10)2-3-7(5)15(11,12)13;;/h2-4H,1H3,(H,8,9,10)(H,11,12,13);;/q;2*+1/p-2. The van der Waals surface area contributed by atoms with Crippen LogP contribution in [0.1, 0.15) is 5.56 Å². The zero-order valence-electron chi connectivity index (χ0n) is 9.50. The second-order valence-corrected chi connectivity index (χ2v) is 5.56. The van der Waals surface area contributed by atoms with Gasteiger partial charge in [-0.25, -0.2) is 16.8 Å². The molecule has 0 heterocycles. The molecule has 0 spiro atoms. The predicted molar refractivity (Wildman–Crippen MR) is 47.1 cm³/mol. The summed E-state index contributed by atoms with van der Waals surface area (Å²) in [5.74, 6) is 0. The van der Waals surface area contributed by atoms with E-state index in [4.69, 9.17) is 0 Å². The molecule has 0 aliphatic heterocycles. The van der Waals surface area contributed by atoms with E-state index in [-0.39, 0.29) is 64.7 Å². The van der Waals surface area contributed by atoms with Gasteiger partial charge in [-0.1, -0.05) is 0 Å². The van der Waals surface area contributed by atoms with Crippen LogP contribution in [0, 0.1) is 6.92 Å². The zero-order valence-corrected chi connectivity index (χ0v) is 15.1. The van der Waals surface area contributed by atoms with Crippen molar-refractivity contribution in [2.24, 2.45) is 0 Å². The average Bonchev–Trinajstić information content (AvgIpc) is 1.99. The SMILES string of the molecule is Cc1cc(S(=O)(=O)[O-])ccc1S(=O)(=O)[O-].[Na+].[Na+]. The Morgan fingerprint density at radius 3 is 1.71 bits per heavy atom. The van der Waals surface area contributed by atoms with Crippen LogP contribution in [0.3, 0.4) is 0 Å². The van der Waals surface area contributed by atoms with E-state index < -0.39 is 30.0 Å². The maximum atomic E-state index is 10.6. The summed E-state index contributed by atoms with van der Waals surface area (Å²) < 4.78 is 63.6. The third-order valence-corrected chi connectivity index (χ3v) is 3.53. The van der Waals surface area contributed by atoms with Crippen LogP contribution in [0.25, 0.3) is 0 Å². The molecule has 0 amide bonds. The van der Waals surface area contributed by atoms with Gasteiger partial charge in [-0.3, -0.25) is 0 Å². The van der Waals surface area contributed by atoms with Gasteiger partial charge in [0.05, 0.1) is 9.79 Å². The molecule has 1 aromatic rings. The van der Waals surface area contributed by atoms with Crippen molar-refractivity contribution in [2.45, 2.75) is 16.7 Å². The van der Waals surface area contributed by atoms with Crippen LogP contribution >= 0.6 is 0 Å². The molecule has 0 aliphatic rings. The van der Waals surface area contributed by atoms with Gasteiger partial charge in [-0.2, -0.15) is 0 Å². The maximum absolute atomic E-state index is 10.6. The first-order valence-electron chi connectivity index (χ1n) is 3.65. The van der Waals surface area contributed by atoms with E-state index >= 15 is 0 Å². The van der Waals surface area contributed by atoms with Crippen LogP contribution in [-0.4, -0.2) is 25.9 Å². The molecule has 1 rings (SSSR count). The molecular formula is C7H6Na2O6S2. The van der Waals surface area contributed by atoms with Crippen molar-refractivity contribution in [1.82, 2.24) is 0 Å². The first-order chi connectivity index (χ1) is 6.62. The van der Waals surface area contributed by atoms with Gasteiger partial charge in [0.2, 0.25) is 0 Å². The number of hydrogen-bond acceptors (Lipinski definition) is 6. The fourth-order valence-corrected chi connectivity index (χ4v) is 2.30. The molecule has 0 bridgehead atoms. The van der Waals surface area contributed by atoms with Crippen molar-refractivity contribution in [2.75, 3.05) is 0 Å². The summed E-state index contributed by atoms with van der Waals surface area (Å²) in [4.78, 5) is -1.10. The molecule has 84 valence electrons. The molecule has 0 saturated heterocycles. The monoisotopic (exact) mass is 296 g/mol. The fourth-order valence-electron chi connectivity index (χ4n) is 1.06. The van der Waals surface area contributed by atoms with Crippen molar-refractivity contribution < 1.29 is 85.1 Å². The van der Waals surface area contributed by atoms with Crippen LogP contribution < -0.4 is 59.1 Å². The Morgan fingerprint density at radius 2 is 1.41 bits per heavy atom. The Hall–Kier alpha value is 1.04. The van der Waals surface area contributed by atoms with E-state index in [2.05, 4.69) is 0 Å². The van der Waals surface area contributed by atoms with E-state index in [1.54, 1.807) is 0 Å². The first-order valence-corrected chi connectivity index (χ1v) is 6.46. The summed E-state index contributed by atoms with van der Waals surface area (Å²) in [6, 6.07) is 2.45. The average molecular weight is 296 g/mol. The molecule has 10 heteroatoms. The second-order valence-electron chi connectivity index (χ2n) is 2.84. The molecular weight excluding hydrogens is 290 g/mol. The Balaban J connectivity index is 0. The topological polar surface area (TPSA) is 114 Å². The van der Waals surface area contributed by atoms with Gasteiger partial charge >= 0.3 is 59.1 Å². The molecule has 0 fully saturated rings. The van der Waals surface area contributed by atoms with Gasteiger partial charge in [0.15, 0.2) is 0 Å². The molecule has 6 nitrogen and oxygen atoms in total. The van der Waals surface area contributed by atoms with Crippen molar-refractivity contribution in [1.29, 1.82) is 0 Å². The van der Waals surface area contributed by atoms with Crippen LogP contribution in [0.4, 0.5) is 0 Å². The van der Waals surface area contributed by atoms with E-state index in [9.17, 15) is 25.9 Å². The summed E-state index contributed by atoms with van der Waals surface area (Å²) in [6.45, 7) is 1.24. The minimum atomic E-state index is -4.64. The number of hydrogen-bond donors (Lipinski definition) is 0. The minimum absolute atomic E-state index is 0. The maximum Gasteiger partial charge on any atom is 1.00 e. The van der Waals surface area contributed by atoms with Gasteiger partial charge in [-0.15, -0.1) is 0 Å². The molecule has 0 N–H and O–H groups in total. The number of aryl methyl sites for hydroxylation is 1. The van der Waals surface area contributed by atoms with Crippen LogP contribution in [0.2, 0.25) is 0 Å². The fraction of sp³-hybridized carbons (Fsp3) is 0.143. The minimum Gasteiger partial charge on any atom is -0.744 e. The zero-order chi connectivity index (χ0) is 11.9. The quantitative estimate of drug-likeness (QED) is 0.396. The van der Waals surface area contributed by atoms with Crippen LogP contribution in [-0.2, 0) is 20.2 Å². The van der Waals surface area contributed by atoms with Gasteiger partial charge in [0.25, 0.3) is 0 Å². The number of benzene rings is 1. The Bertz CT molecular complexity index is 593. The Kier molecular flexibility index (Phi) is 8.37. The normalized spacial score (nSPS) is 11.2. The molecule has 0 saturated carbocycles. The van der Waals surface area contributed by atoms with E-state index in [0.717, 1.165) is 18.2 Å². The van der Waals surface area contributed by atoms with Crippen LogP contribution in [0.15, 0.2) is 28.0 Å². The van der Waals surface area contributed by atoms with E-state index in [1.807, 2.05) is 0 Å². The van der Waals surface area contributed by atoms with E-state index in [1.165, 1.54) is 6.92 Å². The molecule has 0 aliphatic carbocycles. The molecule has 0 atom stereocenters.